The van der Waals surface area contributed by atoms with Gasteiger partial charge in [-0.15, -0.1) is 0 Å². The van der Waals surface area contributed by atoms with Crippen molar-refractivity contribution in [1.82, 2.24) is 9.71 Å². The molecule has 0 saturated carbocycles. The molecule has 0 aliphatic rings. The third kappa shape index (κ3) is 10.6. The first-order valence-electron chi connectivity index (χ1n) is 11.3. The number of hydrogen-bond acceptors (Lipinski definition) is 8. The number of alkyl halides is 3. The lowest BCUT2D eigenvalue weighted by molar-refractivity contribution is -0.141. The van der Waals surface area contributed by atoms with Crippen molar-refractivity contribution in [1.29, 1.82) is 0 Å². The van der Waals surface area contributed by atoms with Crippen LogP contribution in [0.5, 0.6) is 17.4 Å². The van der Waals surface area contributed by atoms with Crippen LogP contribution in [-0.2, 0) is 30.5 Å². The average molecular weight is 579 g/mol. The number of pyridine rings is 1. The zero-order valence-corrected chi connectivity index (χ0v) is 22.1. The third-order valence-corrected chi connectivity index (χ3v) is 6.28. The van der Waals surface area contributed by atoms with Crippen LogP contribution >= 0.6 is 11.6 Å². The topological polar surface area (TPSA) is 121 Å². The van der Waals surface area contributed by atoms with E-state index in [1.54, 1.807) is 0 Å². The summed E-state index contributed by atoms with van der Waals surface area (Å²) < 4.78 is 80.7. The van der Waals surface area contributed by atoms with Gasteiger partial charge in [0.05, 0.1) is 11.3 Å². The van der Waals surface area contributed by atoms with Gasteiger partial charge in [0.2, 0.25) is 15.9 Å². The number of nitrogens with one attached hydrogen (secondary N) is 1. The van der Waals surface area contributed by atoms with Crippen LogP contribution in [0.3, 0.4) is 0 Å². The van der Waals surface area contributed by atoms with E-state index in [9.17, 15) is 31.2 Å². The molecule has 1 N–H and O–H groups in total. The summed E-state index contributed by atoms with van der Waals surface area (Å²) in [4.78, 5) is 26.7. The second-order valence-electron chi connectivity index (χ2n) is 7.82. The van der Waals surface area contributed by atoms with Crippen molar-refractivity contribution in [2.24, 2.45) is 0 Å². The lowest BCUT2D eigenvalue weighted by Gasteiger charge is -2.13. The molecule has 0 radical (unpaired) electrons. The summed E-state index contributed by atoms with van der Waals surface area (Å²) in [6, 6.07) is 4.94. The number of esters is 1. The maximum absolute atomic E-state index is 12.9. The van der Waals surface area contributed by atoms with Crippen molar-refractivity contribution >= 4 is 39.6 Å². The number of benzene rings is 1. The number of ether oxygens (including phenoxy) is 3. The van der Waals surface area contributed by atoms with Crippen LogP contribution in [-0.4, -0.2) is 44.2 Å². The maximum Gasteiger partial charge on any atom is 0.417 e. The molecule has 0 fully saturated rings. The van der Waals surface area contributed by atoms with Crippen LogP contribution in [0.25, 0.3) is 6.08 Å². The van der Waals surface area contributed by atoms with E-state index in [-0.39, 0.29) is 41.9 Å². The third-order valence-electron chi connectivity index (χ3n) is 4.67. The molecule has 1 aromatic carbocycles. The number of amides is 1. The van der Waals surface area contributed by atoms with Crippen LogP contribution in [0.4, 0.5) is 13.2 Å². The molecule has 208 valence electrons. The number of carbonyl (C=O) groups is 2. The Morgan fingerprint density at radius 3 is 2.53 bits per heavy atom. The zero-order chi connectivity index (χ0) is 28.3. The number of carbonyl (C=O) groups excluding carboxylic acids is 2. The van der Waals surface area contributed by atoms with Gasteiger partial charge in [-0.3, -0.25) is 9.59 Å². The fourth-order valence-electron chi connectivity index (χ4n) is 2.88. The van der Waals surface area contributed by atoms with E-state index in [2.05, 4.69) is 4.98 Å². The van der Waals surface area contributed by atoms with E-state index in [1.807, 2.05) is 11.6 Å². The molecule has 1 aromatic heterocycles. The highest BCUT2D eigenvalue weighted by molar-refractivity contribution is 7.90. The van der Waals surface area contributed by atoms with Gasteiger partial charge in [-0.1, -0.05) is 31.4 Å². The average Bonchev–Trinajstić information content (AvgIpc) is 2.81. The lowest BCUT2D eigenvalue weighted by atomic mass is 10.1. The number of sulfonamides is 1. The Bertz CT molecular complexity index is 1270. The fourth-order valence-corrected chi connectivity index (χ4v) is 4.15. The molecule has 0 spiro atoms. The van der Waals surface area contributed by atoms with E-state index in [0.29, 0.717) is 25.1 Å². The molecule has 0 aliphatic heterocycles. The normalized spacial score (nSPS) is 11.8. The Labute approximate surface area is 223 Å². The summed E-state index contributed by atoms with van der Waals surface area (Å²) in [7, 11) is -3.82. The first-order valence-corrected chi connectivity index (χ1v) is 13.4. The summed E-state index contributed by atoms with van der Waals surface area (Å²) in [5, 5.41) is -0.424. The summed E-state index contributed by atoms with van der Waals surface area (Å²) in [5.41, 5.74) is -0.844. The van der Waals surface area contributed by atoms with Gasteiger partial charge in [-0.2, -0.15) is 13.2 Å². The van der Waals surface area contributed by atoms with Gasteiger partial charge in [0.1, 0.15) is 29.7 Å². The molecule has 0 bridgehead atoms. The van der Waals surface area contributed by atoms with Crippen molar-refractivity contribution in [2.75, 3.05) is 19.0 Å². The summed E-state index contributed by atoms with van der Waals surface area (Å²) in [5.74, 6) is -1.73. The summed E-state index contributed by atoms with van der Waals surface area (Å²) in [6.07, 6.45) is 0.000976. The first kappa shape index (κ1) is 30.9. The van der Waals surface area contributed by atoms with Crippen molar-refractivity contribution in [2.45, 2.75) is 39.3 Å². The van der Waals surface area contributed by atoms with Gasteiger partial charge in [0, 0.05) is 30.8 Å². The monoisotopic (exact) mass is 578 g/mol. The Morgan fingerprint density at radius 2 is 1.89 bits per heavy atom. The van der Waals surface area contributed by atoms with Crippen LogP contribution in [0, 0.1) is 0 Å². The molecule has 38 heavy (non-hydrogen) atoms. The summed E-state index contributed by atoms with van der Waals surface area (Å²) in [6.45, 7) is 3.11. The lowest BCUT2D eigenvalue weighted by Crippen LogP contribution is -2.31. The van der Waals surface area contributed by atoms with Crippen molar-refractivity contribution in [3.05, 3.63) is 52.7 Å². The standard InChI is InChI=1S/C24H26ClF3N2O7S/c1-3-4-5-12-38(33,34)30-22(32)9-7-17-6-8-19(36-11-10-35-16(2)31)14-21(17)37-23-20(25)13-18(15-29-23)24(26,27)28/h6-9,13-15H,3-5,10-12H2,1-2H3,(H,30,32)/b9-7+. The number of nitrogens with zero attached hydrogens (tertiary/aromatic N) is 1. The van der Waals surface area contributed by atoms with E-state index in [4.69, 9.17) is 25.8 Å². The van der Waals surface area contributed by atoms with Gasteiger partial charge < -0.3 is 14.2 Å². The van der Waals surface area contributed by atoms with Gasteiger partial charge in [0.15, 0.2) is 0 Å². The van der Waals surface area contributed by atoms with Crippen LogP contribution in [0.1, 0.15) is 44.2 Å². The van der Waals surface area contributed by atoms with Crippen LogP contribution in [0.2, 0.25) is 5.02 Å². The maximum atomic E-state index is 12.9. The predicted octanol–water partition coefficient (Wildman–Crippen LogP) is 5.14. The SMILES string of the molecule is CCCCCS(=O)(=O)NC(=O)/C=C/c1ccc(OCCOC(C)=O)cc1Oc1ncc(C(F)(F)F)cc1Cl. The zero-order valence-electron chi connectivity index (χ0n) is 20.5. The van der Waals surface area contributed by atoms with Crippen molar-refractivity contribution in [3.8, 4) is 17.4 Å². The number of aromatic nitrogens is 1. The van der Waals surface area contributed by atoms with Crippen LogP contribution < -0.4 is 14.2 Å². The second-order valence-corrected chi connectivity index (χ2v) is 10.1. The molecule has 0 aliphatic carbocycles. The first-order chi connectivity index (χ1) is 17.8. The highest BCUT2D eigenvalue weighted by Crippen LogP contribution is 2.36. The molecule has 0 atom stereocenters. The van der Waals surface area contributed by atoms with Gasteiger partial charge in [-0.05, 0) is 30.7 Å². The number of unbranched alkanes of at least 4 members (excludes halogenated alkanes) is 2. The highest BCUT2D eigenvalue weighted by atomic mass is 35.5. The minimum atomic E-state index is -4.66. The highest BCUT2D eigenvalue weighted by Gasteiger charge is 2.32. The Balaban J connectivity index is 2.27. The van der Waals surface area contributed by atoms with E-state index >= 15 is 0 Å². The Morgan fingerprint density at radius 1 is 1.16 bits per heavy atom. The molecular formula is C24H26ClF3N2O7S. The summed E-state index contributed by atoms with van der Waals surface area (Å²) >= 11 is 5.95. The van der Waals surface area contributed by atoms with E-state index in [1.165, 1.54) is 31.2 Å². The predicted molar refractivity (Wildman–Crippen MR) is 133 cm³/mol. The number of hydrogen-bond donors (Lipinski definition) is 1. The van der Waals surface area contributed by atoms with E-state index in [0.717, 1.165) is 12.5 Å². The Kier molecular flexibility index (Phi) is 11.4. The molecule has 0 saturated heterocycles. The quantitative estimate of drug-likeness (QED) is 0.197. The van der Waals surface area contributed by atoms with Crippen molar-refractivity contribution in [3.63, 3.8) is 0 Å². The largest absolute Gasteiger partial charge is 0.490 e. The van der Waals surface area contributed by atoms with Crippen LogP contribution in [0.15, 0.2) is 36.5 Å². The Hall–Kier alpha value is -3.32. The van der Waals surface area contributed by atoms with Crippen molar-refractivity contribution < 1.29 is 45.4 Å². The van der Waals surface area contributed by atoms with Gasteiger partial charge in [0.25, 0.3) is 5.91 Å². The van der Waals surface area contributed by atoms with Gasteiger partial charge in [-0.25, -0.2) is 18.1 Å². The molecule has 9 nitrogen and oxygen atoms in total. The molecule has 14 heteroatoms. The smallest absolute Gasteiger partial charge is 0.417 e. The molecule has 2 aromatic rings. The number of halogens is 4. The molecule has 0 unspecified atom stereocenters. The van der Waals surface area contributed by atoms with Gasteiger partial charge >= 0.3 is 12.1 Å². The second kappa shape index (κ2) is 14.0. The molecular weight excluding hydrogens is 553 g/mol. The minimum absolute atomic E-state index is 0.00815. The number of rotatable bonds is 13. The molecule has 2 rings (SSSR count). The minimum Gasteiger partial charge on any atom is -0.490 e. The molecule has 1 amide bonds. The fraction of sp³-hybridized carbons (Fsp3) is 0.375. The van der Waals surface area contributed by atoms with E-state index < -0.39 is 38.7 Å². The molecule has 1 heterocycles.